The van der Waals surface area contributed by atoms with Crippen LogP contribution in [0, 0.1) is 0 Å². The van der Waals surface area contributed by atoms with Crippen LogP contribution < -0.4 is 0 Å². The third-order valence-electron chi connectivity index (χ3n) is 4.26. The first-order chi connectivity index (χ1) is 10.3. The molecule has 1 heterocycles. The van der Waals surface area contributed by atoms with Gasteiger partial charge in [-0.25, -0.2) is 4.79 Å². The molecule has 22 heavy (non-hydrogen) atoms. The first-order valence-corrected chi connectivity index (χ1v) is 7.81. The fourth-order valence-corrected chi connectivity index (χ4v) is 3.03. The van der Waals surface area contributed by atoms with E-state index in [1.807, 2.05) is 33.9 Å². The zero-order valence-electron chi connectivity index (χ0n) is 13.8. The first kappa shape index (κ1) is 14.9. The van der Waals surface area contributed by atoms with E-state index in [0.717, 1.165) is 18.4 Å². The molecule has 1 fully saturated rings. The van der Waals surface area contributed by atoms with E-state index < -0.39 is 5.60 Å². The molecule has 1 amide bonds. The van der Waals surface area contributed by atoms with Crippen LogP contribution in [0.5, 0.6) is 0 Å². The fraction of sp³-hybridized carbons (Fsp3) is 0.500. The Morgan fingerprint density at radius 2 is 2.00 bits per heavy atom. The predicted molar refractivity (Wildman–Crippen MR) is 88.1 cm³/mol. The highest BCUT2D eigenvalue weighted by molar-refractivity contribution is 5.85. The van der Waals surface area contributed by atoms with Gasteiger partial charge in [0.1, 0.15) is 5.60 Å². The molecule has 0 saturated heterocycles. The molecule has 0 bridgehead atoms. The van der Waals surface area contributed by atoms with Crippen molar-refractivity contribution in [2.75, 3.05) is 13.6 Å². The Morgan fingerprint density at radius 3 is 2.64 bits per heavy atom. The van der Waals surface area contributed by atoms with Gasteiger partial charge in [-0.05, 0) is 45.2 Å². The number of para-hydroxylation sites is 1. The molecule has 0 unspecified atom stereocenters. The molecule has 1 aromatic heterocycles. The summed E-state index contributed by atoms with van der Waals surface area (Å²) in [7, 11) is 1.82. The Morgan fingerprint density at radius 1 is 1.32 bits per heavy atom. The Bertz CT molecular complexity index is 692. The Balaban J connectivity index is 1.78. The lowest BCUT2D eigenvalue weighted by Crippen LogP contribution is -2.38. The molecule has 1 N–H and O–H groups in total. The van der Waals surface area contributed by atoms with Gasteiger partial charge in [0.25, 0.3) is 0 Å². The normalized spacial score (nSPS) is 16.5. The summed E-state index contributed by atoms with van der Waals surface area (Å²) >= 11 is 0. The summed E-state index contributed by atoms with van der Waals surface area (Å²) in [5.74, 6) is 0. The molecule has 1 aliphatic rings. The predicted octanol–water partition coefficient (Wildman–Crippen LogP) is 4.07. The second-order valence-corrected chi connectivity index (χ2v) is 7.36. The van der Waals surface area contributed by atoms with E-state index in [4.69, 9.17) is 4.74 Å². The lowest BCUT2D eigenvalue weighted by Gasteiger charge is -2.27. The maximum absolute atomic E-state index is 12.2. The number of H-pyrrole nitrogens is 1. The van der Waals surface area contributed by atoms with Gasteiger partial charge >= 0.3 is 6.09 Å². The molecular weight excluding hydrogens is 276 g/mol. The van der Waals surface area contributed by atoms with Gasteiger partial charge in [-0.15, -0.1) is 0 Å². The van der Waals surface area contributed by atoms with E-state index in [0.29, 0.717) is 6.54 Å². The zero-order chi connectivity index (χ0) is 16.0. The van der Waals surface area contributed by atoms with E-state index in [-0.39, 0.29) is 11.5 Å². The molecular formula is C18H24N2O2. The van der Waals surface area contributed by atoms with Crippen LogP contribution in [0.2, 0.25) is 0 Å². The highest BCUT2D eigenvalue weighted by atomic mass is 16.6. The van der Waals surface area contributed by atoms with Gasteiger partial charge < -0.3 is 14.6 Å². The average Bonchev–Trinajstić information content (AvgIpc) is 3.07. The number of benzene rings is 1. The summed E-state index contributed by atoms with van der Waals surface area (Å²) in [6.45, 7) is 6.38. The fourth-order valence-electron chi connectivity index (χ4n) is 3.03. The maximum atomic E-state index is 12.2. The second kappa shape index (κ2) is 5.04. The van der Waals surface area contributed by atoms with Crippen molar-refractivity contribution in [2.45, 2.75) is 44.6 Å². The number of rotatable bonds is 3. The minimum atomic E-state index is -0.456. The van der Waals surface area contributed by atoms with Crippen molar-refractivity contribution in [3.05, 3.63) is 36.0 Å². The quantitative estimate of drug-likeness (QED) is 0.929. The van der Waals surface area contributed by atoms with Crippen LogP contribution in [0.15, 0.2) is 30.5 Å². The smallest absolute Gasteiger partial charge is 0.410 e. The van der Waals surface area contributed by atoms with Crippen molar-refractivity contribution < 1.29 is 9.53 Å². The van der Waals surface area contributed by atoms with Gasteiger partial charge in [-0.1, -0.05) is 18.2 Å². The number of nitrogens with zero attached hydrogens (tertiary/aromatic N) is 1. The third kappa shape index (κ3) is 2.82. The molecule has 0 spiro atoms. The SMILES string of the molecule is CN(CC1(c2c[nH]c3ccccc23)CC1)C(=O)OC(C)(C)C. The number of ether oxygens (including phenoxy) is 1. The number of hydrogen-bond acceptors (Lipinski definition) is 2. The van der Waals surface area contributed by atoms with E-state index in [2.05, 4.69) is 29.4 Å². The third-order valence-corrected chi connectivity index (χ3v) is 4.26. The van der Waals surface area contributed by atoms with Crippen molar-refractivity contribution in [3.8, 4) is 0 Å². The van der Waals surface area contributed by atoms with Crippen LogP contribution in [0.25, 0.3) is 10.9 Å². The summed E-state index contributed by atoms with van der Waals surface area (Å²) < 4.78 is 5.46. The van der Waals surface area contributed by atoms with Crippen LogP contribution in [0.3, 0.4) is 0 Å². The summed E-state index contributed by atoms with van der Waals surface area (Å²) in [4.78, 5) is 17.2. The number of amides is 1. The van der Waals surface area contributed by atoms with Gasteiger partial charge in [0.2, 0.25) is 0 Å². The molecule has 3 rings (SSSR count). The average molecular weight is 300 g/mol. The van der Waals surface area contributed by atoms with Gasteiger partial charge in [0.15, 0.2) is 0 Å². The number of carbonyl (C=O) groups is 1. The Kier molecular flexibility index (Phi) is 3.42. The van der Waals surface area contributed by atoms with E-state index >= 15 is 0 Å². The molecule has 0 aliphatic heterocycles. The van der Waals surface area contributed by atoms with Gasteiger partial charge in [-0.3, -0.25) is 0 Å². The van der Waals surface area contributed by atoms with Crippen molar-refractivity contribution in [1.82, 2.24) is 9.88 Å². The molecule has 0 atom stereocenters. The number of aromatic nitrogens is 1. The summed E-state index contributed by atoms with van der Waals surface area (Å²) in [6.07, 6.45) is 4.07. The van der Waals surface area contributed by atoms with Gasteiger partial charge in [-0.2, -0.15) is 0 Å². The Hall–Kier alpha value is -1.97. The van der Waals surface area contributed by atoms with E-state index in [1.54, 1.807) is 4.90 Å². The van der Waals surface area contributed by atoms with Crippen LogP contribution in [-0.2, 0) is 10.2 Å². The standard InChI is InChI=1S/C18H24N2O2/c1-17(2,3)22-16(21)20(4)12-18(9-10-18)14-11-19-15-8-6-5-7-13(14)15/h5-8,11,19H,9-10,12H2,1-4H3. The van der Waals surface area contributed by atoms with Crippen molar-refractivity contribution in [3.63, 3.8) is 0 Å². The van der Waals surface area contributed by atoms with Crippen LogP contribution >= 0.6 is 0 Å². The molecule has 0 radical (unpaired) electrons. The van der Waals surface area contributed by atoms with Crippen LogP contribution in [-0.4, -0.2) is 35.2 Å². The molecule has 2 aromatic rings. The number of hydrogen-bond donors (Lipinski definition) is 1. The maximum Gasteiger partial charge on any atom is 0.410 e. The number of nitrogens with one attached hydrogen (secondary N) is 1. The number of likely N-dealkylation sites (N-methyl/N-ethyl adjacent to an activating group) is 1. The molecule has 4 heteroatoms. The molecule has 1 saturated carbocycles. The highest BCUT2D eigenvalue weighted by Crippen LogP contribution is 2.50. The van der Waals surface area contributed by atoms with E-state index in [1.165, 1.54) is 10.9 Å². The van der Waals surface area contributed by atoms with Crippen molar-refractivity contribution >= 4 is 17.0 Å². The minimum Gasteiger partial charge on any atom is -0.444 e. The van der Waals surface area contributed by atoms with E-state index in [9.17, 15) is 4.79 Å². The van der Waals surface area contributed by atoms with Gasteiger partial charge in [0.05, 0.1) is 0 Å². The summed E-state index contributed by atoms with van der Waals surface area (Å²) in [5, 5.41) is 1.26. The van der Waals surface area contributed by atoms with Gasteiger partial charge in [0, 0.05) is 36.1 Å². The highest BCUT2D eigenvalue weighted by Gasteiger charge is 2.47. The molecule has 1 aromatic carbocycles. The number of fused-ring (bicyclic) bond motifs is 1. The van der Waals surface area contributed by atoms with Crippen LogP contribution in [0.1, 0.15) is 39.2 Å². The lowest BCUT2D eigenvalue weighted by molar-refractivity contribution is 0.0283. The molecule has 4 nitrogen and oxygen atoms in total. The minimum absolute atomic E-state index is 0.0747. The van der Waals surface area contributed by atoms with Crippen molar-refractivity contribution in [2.24, 2.45) is 0 Å². The van der Waals surface area contributed by atoms with Crippen LogP contribution in [0.4, 0.5) is 4.79 Å². The largest absolute Gasteiger partial charge is 0.444 e. The first-order valence-electron chi connectivity index (χ1n) is 7.81. The summed E-state index contributed by atoms with van der Waals surface area (Å²) in [5.41, 5.74) is 2.09. The van der Waals surface area contributed by atoms with Crippen molar-refractivity contribution in [1.29, 1.82) is 0 Å². The monoisotopic (exact) mass is 300 g/mol. The second-order valence-electron chi connectivity index (χ2n) is 7.36. The lowest BCUT2D eigenvalue weighted by atomic mass is 9.95. The number of aromatic amines is 1. The Labute approximate surface area is 131 Å². The zero-order valence-corrected chi connectivity index (χ0v) is 13.8. The molecule has 118 valence electrons. The molecule has 1 aliphatic carbocycles. The number of carbonyl (C=O) groups excluding carboxylic acids is 1. The summed E-state index contributed by atoms with van der Waals surface area (Å²) in [6, 6.07) is 8.34. The topological polar surface area (TPSA) is 45.3 Å².